The Bertz CT molecular complexity index is 1290. The zero-order valence-corrected chi connectivity index (χ0v) is 19.8. The highest BCUT2D eigenvalue weighted by atomic mass is 79.9. The van der Waals surface area contributed by atoms with E-state index in [4.69, 9.17) is 4.98 Å². The molecule has 2 aromatic heterocycles. The van der Waals surface area contributed by atoms with Crippen LogP contribution in [0.2, 0.25) is 0 Å². The van der Waals surface area contributed by atoms with Gasteiger partial charge in [0, 0.05) is 26.7 Å². The smallest absolute Gasteiger partial charge is 0.282 e. The second-order valence-corrected chi connectivity index (χ2v) is 8.91. The molecule has 7 heteroatoms. The van der Waals surface area contributed by atoms with Gasteiger partial charge in [-0.15, -0.1) is 0 Å². The van der Waals surface area contributed by atoms with Crippen LogP contribution in [-0.4, -0.2) is 20.4 Å². The lowest BCUT2D eigenvalue weighted by Gasteiger charge is -2.14. The van der Waals surface area contributed by atoms with E-state index in [9.17, 15) is 4.79 Å². The Hall–Kier alpha value is -2.51. The highest BCUT2D eigenvalue weighted by Gasteiger charge is 2.15. The molecular formula is C23H20Br2N4O. The lowest BCUT2D eigenvalue weighted by atomic mass is 10.1. The number of halogens is 2. The summed E-state index contributed by atoms with van der Waals surface area (Å²) in [6.07, 6.45) is 4.54. The first-order valence-electron chi connectivity index (χ1n) is 9.67. The molecule has 1 atom stereocenters. The number of benzene rings is 2. The Labute approximate surface area is 191 Å². The molecule has 0 radical (unpaired) electrons. The Kier molecular flexibility index (Phi) is 6.01. The molecule has 30 heavy (non-hydrogen) atoms. The van der Waals surface area contributed by atoms with Crippen molar-refractivity contribution < 1.29 is 0 Å². The van der Waals surface area contributed by atoms with Gasteiger partial charge in [-0.1, -0.05) is 45.7 Å². The predicted molar refractivity (Wildman–Crippen MR) is 129 cm³/mol. The summed E-state index contributed by atoms with van der Waals surface area (Å²) in [4.78, 5) is 18.0. The molecule has 0 amide bonds. The van der Waals surface area contributed by atoms with Gasteiger partial charge in [0.1, 0.15) is 5.82 Å². The number of nitrogens with zero attached hydrogens (tertiary/aromatic N) is 4. The SMILES string of the molecule is CC[C@H](C)c1nc2ccc(Br)cc2c(=O)n1N=Cc1cccn1-c1ccc(Br)cc1. The summed E-state index contributed by atoms with van der Waals surface area (Å²) >= 11 is 6.91. The third-order valence-corrected chi connectivity index (χ3v) is 6.10. The molecule has 0 fully saturated rings. The van der Waals surface area contributed by atoms with Gasteiger partial charge in [-0.3, -0.25) is 4.79 Å². The number of aromatic nitrogens is 3. The maximum Gasteiger partial charge on any atom is 0.282 e. The molecule has 0 saturated carbocycles. The maximum atomic E-state index is 13.3. The van der Waals surface area contributed by atoms with E-state index >= 15 is 0 Å². The lowest BCUT2D eigenvalue weighted by molar-refractivity contribution is 0.613. The van der Waals surface area contributed by atoms with Crippen LogP contribution in [0.15, 0.2) is 79.6 Å². The Balaban J connectivity index is 1.83. The van der Waals surface area contributed by atoms with Crippen LogP contribution in [0.1, 0.15) is 37.7 Å². The van der Waals surface area contributed by atoms with Crippen LogP contribution in [0.5, 0.6) is 0 Å². The van der Waals surface area contributed by atoms with E-state index in [0.717, 1.165) is 26.7 Å². The van der Waals surface area contributed by atoms with Gasteiger partial charge in [0.05, 0.1) is 22.8 Å². The summed E-state index contributed by atoms with van der Waals surface area (Å²) in [5.41, 5.74) is 2.39. The fourth-order valence-electron chi connectivity index (χ4n) is 3.23. The Morgan fingerprint density at radius 2 is 1.83 bits per heavy atom. The molecule has 0 aliphatic rings. The van der Waals surface area contributed by atoms with Gasteiger partial charge in [0.25, 0.3) is 5.56 Å². The molecule has 0 aliphatic heterocycles. The van der Waals surface area contributed by atoms with E-state index in [1.165, 1.54) is 4.68 Å². The maximum absolute atomic E-state index is 13.3. The molecule has 0 aliphatic carbocycles. The van der Waals surface area contributed by atoms with Crippen LogP contribution < -0.4 is 5.56 Å². The first-order chi connectivity index (χ1) is 14.5. The molecule has 2 heterocycles. The minimum atomic E-state index is -0.172. The van der Waals surface area contributed by atoms with Gasteiger partial charge in [-0.2, -0.15) is 9.78 Å². The molecule has 4 rings (SSSR count). The summed E-state index contributed by atoms with van der Waals surface area (Å²) in [6, 6.07) is 17.5. The van der Waals surface area contributed by atoms with Crippen molar-refractivity contribution in [1.82, 2.24) is 14.2 Å². The standard InChI is InChI=1S/C23H20Br2N4O/c1-3-15(2)22-27-21-11-8-17(25)13-20(21)23(30)29(22)26-14-19-5-4-12-28(19)18-9-6-16(24)7-10-18/h4-15H,3H2,1-2H3/t15-/m0/s1. The molecule has 4 aromatic rings. The monoisotopic (exact) mass is 526 g/mol. The minimum Gasteiger partial charge on any atom is -0.316 e. The normalized spacial score (nSPS) is 12.7. The van der Waals surface area contributed by atoms with E-state index in [0.29, 0.717) is 16.7 Å². The van der Waals surface area contributed by atoms with Crippen LogP contribution in [0.4, 0.5) is 0 Å². The lowest BCUT2D eigenvalue weighted by Crippen LogP contribution is -2.23. The first-order valence-corrected chi connectivity index (χ1v) is 11.3. The van der Waals surface area contributed by atoms with E-state index in [1.807, 2.05) is 59.3 Å². The van der Waals surface area contributed by atoms with Crippen LogP contribution in [0.25, 0.3) is 16.6 Å². The van der Waals surface area contributed by atoms with Gasteiger partial charge < -0.3 is 4.57 Å². The predicted octanol–water partition coefficient (Wildman–Crippen LogP) is 6.11. The molecule has 0 unspecified atom stereocenters. The average molecular weight is 528 g/mol. The summed E-state index contributed by atoms with van der Waals surface area (Å²) in [7, 11) is 0. The minimum absolute atomic E-state index is 0.0983. The van der Waals surface area contributed by atoms with Crippen molar-refractivity contribution in [3.8, 4) is 5.69 Å². The van der Waals surface area contributed by atoms with Crippen LogP contribution in [0, 0.1) is 0 Å². The van der Waals surface area contributed by atoms with Crippen molar-refractivity contribution in [2.75, 3.05) is 0 Å². The highest BCUT2D eigenvalue weighted by Crippen LogP contribution is 2.21. The van der Waals surface area contributed by atoms with E-state index < -0.39 is 0 Å². The molecule has 0 bridgehead atoms. The van der Waals surface area contributed by atoms with Crippen LogP contribution in [-0.2, 0) is 0 Å². The number of hydrogen-bond acceptors (Lipinski definition) is 3. The van der Waals surface area contributed by atoms with E-state index in [-0.39, 0.29) is 11.5 Å². The topological polar surface area (TPSA) is 52.2 Å². The van der Waals surface area contributed by atoms with Crippen LogP contribution >= 0.6 is 31.9 Å². The quantitative estimate of drug-likeness (QED) is 0.294. The Morgan fingerprint density at radius 3 is 2.57 bits per heavy atom. The first kappa shape index (κ1) is 20.8. The molecule has 152 valence electrons. The van der Waals surface area contributed by atoms with Gasteiger partial charge in [0.2, 0.25) is 0 Å². The van der Waals surface area contributed by atoms with Crippen molar-refractivity contribution in [3.05, 3.63) is 91.6 Å². The van der Waals surface area contributed by atoms with Crippen molar-refractivity contribution >= 4 is 49.0 Å². The van der Waals surface area contributed by atoms with Gasteiger partial charge >= 0.3 is 0 Å². The zero-order valence-electron chi connectivity index (χ0n) is 16.6. The van der Waals surface area contributed by atoms with Crippen LogP contribution in [0.3, 0.4) is 0 Å². The summed E-state index contributed by atoms with van der Waals surface area (Å²) < 4.78 is 5.31. The van der Waals surface area contributed by atoms with E-state index in [1.54, 1.807) is 12.3 Å². The van der Waals surface area contributed by atoms with Crippen molar-refractivity contribution in [1.29, 1.82) is 0 Å². The third-order valence-electron chi connectivity index (χ3n) is 5.08. The average Bonchev–Trinajstić information content (AvgIpc) is 3.22. The molecule has 0 saturated heterocycles. The van der Waals surface area contributed by atoms with E-state index in [2.05, 4.69) is 50.8 Å². The fourth-order valence-corrected chi connectivity index (χ4v) is 3.86. The highest BCUT2D eigenvalue weighted by molar-refractivity contribution is 9.10. The molecular weight excluding hydrogens is 508 g/mol. The second kappa shape index (κ2) is 8.70. The number of fused-ring (bicyclic) bond motifs is 1. The second-order valence-electron chi connectivity index (χ2n) is 7.08. The molecule has 0 spiro atoms. The molecule has 5 nitrogen and oxygen atoms in total. The van der Waals surface area contributed by atoms with Crippen molar-refractivity contribution in [3.63, 3.8) is 0 Å². The Morgan fingerprint density at radius 1 is 1.10 bits per heavy atom. The zero-order chi connectivity index (χ0) is 21.3. The fraction of sp³-hybridized carbons (Fsp3) is 0.174. The summed E-state index contributed by atoms with van der Waals surface area (Å²) in [5, 5.41) is 5.11. The van der Waals surface area contributed by atoms with Gasteiger partial charge in [-0.05, 0) is 61.0 Å². The molecule has 0 N–H and O–H groups in total. The number of rotatable bonds is 5. The van der Waals surface area contributed by atoms with Crippen molar-refractivity contribution in [2.45, 2.75) is 26.2 Å². The van der Waals surface area contributed by atoms with Crippen molar-refractivity contribution in [2.24, 2.45) is 5.10 Å². The van der Waals surface area contributed by atoms with Gasteiger partial charge in [-0.25, -0.2) is 4.98 Å². The largest absolute Gasteiger partial charge is 0.316 e. The third kappa shape index (κ3) is 4.04. The number of hydrogen-bond donors (Lipinski definition) is 0. The summed E-state index contributed by atoms with van der Waals surface area (Å²) in [6.45, 7) is 4.14. The molecule has 2 aromatic carbocycles. The van der Waals surface area contributed by atoms with Gasteiger partial charge in [0.15, 0.2) is 0 Å². The summed E-state index contributed by atoms with van der Waals surface area (Å²) in [5.74, 6) is 0.761.